The van der Waals surface area contributed by atoms with Gasteiger partial charge in [-0.2, -0.15) is 0 Å². The van der Waals surface area contributed by atoms with E-state index in [0.29, 0.717) is 5.92 Å². The summed E-state index contributed by atoms with van der Waals surface area (Å²) in [7, 11) is 1.75. The summed E-state index contributed by atoms with van der Waals surface area (Å²) >= 11 is 0. The normalized spacial score (nSPS) is 18.6. The van der Waals surface area contributed by atoms with Gasteiger partial charge in [0.05, 0.1) is 7.11 Å². The summed E-state index contributed by atoms with van der Waals surface area (Å²) in [5.41, 5.74) is 8.66. The third kappa shape index (κ3) is 2.86. The number of rotatable bonds is 4. The molecule has 1 atom stereocenters. The first-order chi connectivity index (χ1) is 8.76. The van der Waals surface area contributed by atoms with Crippen LogP contribution in [0, 0.1) is 12.8 Å². The molecule has 0 aromatic heterocycles. The Bertz CT molecular complexity index is 383. The lowest BCUT2D eigenvalue weighted by Crippen LogP contribution is -2.24. The van der Waals surface area contributed by atoms with Gasteiger partial charge in [0.25, 0.3) is 0 Å². The van der Waals surface area contributed by atoms with Crippen LogP contribution in [0.3, 0.4) is 0 Å². The van der Waals surface area contributed by atoms with Crippen molar-refractivity contribution in [3.63, 3.8) is 0 Å². The first-order valence-corrected chi connectivity index (χ1v) is 7.11. The molecule has 0 aliphatic heterocycles. The van der Waals surface area contributed by atoms with E-state index in [1.54, 1.807) is 7.11 Å². The number of methoxy groups -OCH3 is 1. The molecule has 2 nitrogen and oxygen atoms in total. The van der Waals surface area contributed by atoms with Crippen LogP contribution >= 0.6 is 0 Å². The van der Waals surface area contributed by atoms with Crippen LogP contribution in [-0.2, 0) is 0 Å². The topological polar surface area (TPSA) is 35.2 Å². The lowest BCUT2D eigenvalue weighted by atomic mass is 9.76. The molecule has 1 unspecified atom stereocenters. The summed E-state index contributed by atoms with van der Waals surface area (Å²) in [6.45, 7) is 2.86. The monoisotopic (exact) mass is 247 g/mol. The van der Waals surface area contributed by atoms with E-state index in [1.165, 1.54) is 43.2 Å². The second-order valence-corrected chi connectivity index (χ2v) is 5.49. The maximum Gasteiger partial charge on any atom is 0.122 e. The van der Waals surface area contributed by atoms with Crippen molar-refractivity contribution in [2.45, 2.75) is 44.9 Å². The molecule has 0 bridgehead atoms. The van der Waals surface area contributed by atoms with E-state index in [0.717, 1.165) is 18.2 Å². The maximum absolute atomic E-state index is 6.05. The molecule has 1 aliphatic carbocycles. The quantitative estimate of drug-likeness (QED) is 0.882. The Kier molecular flexibility index (Phi) is 4.65. The van der Waals surface area contributed by atoms with Crippen LogP contribution in [0.25, 0.3) is 0 Å². The predicted octanol–water partition coefficient (Wildman–Crippen LogP) is 3.63. The Morgan fingerprint density at radius 3 is 2.61 bits per heavy atom. The minimum Gasteiger partial charge on any atom is -0.496 e. The van der Waals surface area contributed by atoms with Gasteiger partial charge in [-0.05, 0) is 43.9 Å². The smallest absolute Gasteiger partial charge is 0.122 e. The Balaban J connectivity index is 2.27. The Morgan fingerprint density at radius 2 is 2.00 bits per heavy atom. The standard InChI is InChI=1S/C16H25NO/c1-12-8-9-16(18-2)14(10-12)15(11-17)13-6-4-3-5-7-13/h8-10,13,15H,3-7,11,17H2,1-2H3. The first kappa shape index (κ1) is 13.4. The van der Waals surface area contributed by atoms with E-state index >= 15 is 0 Å². The zero-order chi connectivity index (χ0) is 13.0. The second kappa shape index (κ2) is 6.24. The van der Waals surface area contributed by atoms with Gasteiger partial charge in [-0.3, -0.25) is 0 Å². The van der Waals surface area contributed by atoms with E-state index in [2.05, 4.69) is 25.1 Å². The zero-order valence-electron chi connectivity index (χ0n) is 11.6. The van der Waals surface area contributed by atoms with Crippen molar-refractivity contribution >= 4 is 0 Å². The van der Waals surface area contributed by atoms with Gasteiger partial charge in [0.2, 0.25) is 0 Å². The van der Waals surface area contributed by atoms with E-state index in [9.17, 15) is 0 Å². The minimum absolute atomic E-state index is 0.458. The fourth-order valence-electron chi connectivity index (χ4n) is 3.25. The SMILES string of the molecule is COc1ccc(C)cc1C(CN)C1CCCCC1. The van der Waals surface area contributed by atoms with Crippen molar-refractivity contribution in [1.82, 2.24) is 0 Å². The lowest BCUT2D eigenvalue weighted by molar-refractivity contribution is 0.300. The molecule has 2 rings (SSSR count). The molecule has 1 fully saturated rings. The van der Waals surface area contributed by atoms with Gasteiger partial charge < -0.3 is 10.5 Å². The van der Waals surface area contributed by atoms with Crippen molar-refractivity contribution in [1.29, 1.82) is 0 Å². The summed E-state index contributed by atoms with van der Waals surface area (Å²) in [5.74, 6) is 2.20. The van der Waals surface area contributed by atoms with E-state index in [-0.39, 0.29) is 0 Å². The highest BCUT2D eigenvalue weighted by molar-refractivity contribution is 5.40. The Hall–Kier alpha value is -1.02. The van der Waals surface area contributed by atoms with Crippen LogP contribution in [0.5, 0.6) is 5.75 Å². The number of nitrogens with two attached hydrogens (primary N) is 1. The summed E-state index contributed by atoms with van der Waals surface area (Å²) in [6.07, 6.45) is 6.74. The Labute approximate surface area is 111 Å². The van der Waals surface area contributed by atoms with Crippen LogP contribution in [0.15, 0.2) is 18.2 Å². The molecule has 1 saturated carbocycles. The van der Waals surface area contributed by atoms with Crippen LogP contribution < -0.4 is 10.5 Å². The average molecular weight is 247 g/mol. The molecule has 1 aromatic carbocycles. The van der Waals surface area contributed by atoms with Crippen LogP contribution in [0.1, 0.15) is 49.1 Å². The van der Waals surface area contributed by atoms with Crippen molar-refractivity contribution < 1.29 is 4.74 Å². The van der Waals surface area contributed by atoms with Gasteiger partial charge in [-0.15, -0.1) is 0 Å². The highest BCUT2D eigenvalue weighted by Gasteiger charge is 2.26. The fourth-order valence-corrected chi connectivity index (χ4v) is 3.25. The molecular weight excluding hydrogens is 222 g/mol. The third-order valence-corrected chi connectivity index (χ3v) is 4.26. The first-order valence-electron chi connectivity index (χ1n) is 7.11. The maximum atomic E-state index is 6.05. The van der Waals surface area contributed by atoms with Gasteiger partial charge in [0.15, 0.2) is 0 Å². The number of ether oxygens (including phenoxy) is 1. The number of hydrogen-bond donors (Lipinski definition) is 1. The summed E-state index contributed by atoms with van der Waals surface area (Å²) in [5, 5.41) is 0. The molecule has 2 N–H and O–H groups in total. The Morgan fingerprint density at radius 1 is 1.28 bits per heavy atom. The van der Waals surface area contributed by atoms with Gasteiger partial charge in [-0.25, -0.2) is 0 Å². The predicted molar refractivity (Wildman–Crippen MR) is 76.1 cm³/mol. The van der Waals surface area contributed by atoms with Gasteiger partial charge in [0.1, 0.15) is 5.75 Å². The van der Waals surface area contributed by atoms with Crippen molar-refractivity contribution in [3.05, 3.63) is 29.3 Å². The van der Waals surface area contributed by atoms with Crippen LogP contribution in [0.2, 0.25) is 0 Å². The van der Waals surface area contributed by atoms with Gasteiger partial charge >= 0.3 is 0 Å². The van der Waals surface area contributed by atoms with Crippen molar-refractivity contribution in [3.8, 4) is 5.75 Å². The molecular formula is C16H25NO. The third-order valence-electron chi connectivity index (χ3n) is 4.26. The molecule has 1 aliphatic rings. The molecule has 0 spiro atoms. The summed E-state index contributed by atoms with van der Waals surface area (Å²) in [4.78, 5) is 0. The fraction of sp³-hybridized carbons (Fsp3) is 0.625. The number of hydrogen-bond acceptors (Lipinski definition) is 2. The highest BCUT2D eigenvalue weighted by atomic mass is 16.5. The highest BCUT2D eigenvalue weighted by Crippen LogP contribution is 2.39. The molecule has 0 radical (unpaired) electrons. The van der Waals surface area contributed by atoms with Gasteiger partial charge in [0, 0.05) is 5.92 Å². The van der Waals surface area contributed by atoms with Gasteiger partial charge in [-0.1, -0.05) is 37.0 Å². The molecule has 0 heterocycles. The minimum atomic E-state index is 0.458. The zero-order valence-corrected chi connectivity index (χ0v) is 11.6. The van der Waals surface area contributed by atoms with E-state index in [1.807, 2.05) is 0 Å². The largest absolute Gasteiger partial charge is 0.496 e. The van der Waals surface area contributed by atoms with Crippen molar-refractivity contribution in [2.75, 3.05) is 13.7 Å². The molecule has 1 aromatic rings. The average Bonchev–Trinajstić information content (AvgIpc) is 2.41. The number of aryl methyl sites for hydroxylation is 1. The molecule has 0 saturated heterocycles. The molecule has 0 amide bonds. The molecule has 100 valence electrons. The summed E-state index contributed by atoms with van der Waals surface area (Å²) in [6, 6.07) is 6.44. The second-order valence-electron chi connectivity index (χ2n) is 5.49. The van der Waals surface area contributed by atoms with Crippen LogP contribution in [-0.4, -0.2) is 13.7 Å². The van der Waals surface area contributed by atoms with E-state index in [4.69, 9.17) is 10.5 Å². The number of benzene rings is 1. The molecule has 18 heavy (non-hydrogen) atoms. The van der Waals surface area contributed by atoms with Crippen LogP contribution in [0.4, 0.5) is 0 Å². The molecule has 2 heteroatoms. The van der Waals surface area contributed by atoms with Crippen molar-refractivity contribution in [2.24, 2.45) is 11.7 Å². The van der Waals surface area contributed by atoms with E-state index < -0.39 is 0 Å². The lowest BCUT2D eigenvalue weighted by Gasteiger charge is -2.30. The summed E-state index contributed by atoms with van der Waals surface area (Å²) < 4.78 is 5.52.